The minimum atomic E-state index is -2.62. The lowest BCUT2D eigenvalue weighted by molar-refractivity contribution is 0.0441. The van der Waals surface area contributed by atoms with Gasteiger partial charge < -0.3 is 14.3 Å². The second-order valence-electron chi connectivity index (χ2n) is 13.5. The third kappa shape index (κ3) is 6.87. The van der Waals surface area contributed by atoms with Crippen LogP contribution in [0.1, 0.15) is 66.4 Å². The van der Waals surface area contributed by atoms with E-state index in [4.69, 9.17) is 9.16 Å². The highest BCUT2D eigenvalue weighted by Crippen LogP contribution is 2.56. The van der Waals surface area contributed by atoms with Gasteiger partial charge in [-0.15, -0.1) is 0 Å². The summed E-state index contributed by atoms with van der Waals surface area (Å²) >= 11 is 0. The molecule has 41 heavy (non-hydrogen) atoms. The normalized spacial score (nSPS) is 21.2. The van der Waals surface area contributed by atoms with Gasteiger partial charge in [-0.3, -0.25) is 0 Å². The summed E-state index contributed by atoms with van der Waals surface area (Å²) in [5, 5.41) is 13.2. The van der Waals surface area contributed by atoms with E-state index in [1.807, 2.05) is 30.3 Å². The van der Waals surface area contributed by atoms with E-state index in [2.05, 4.69) is 114 Å². The first kappa shape index (κ1) is 31.3. The molecule has 4 rings (SSSR count). The Kier molecular flexibility index (Phi) is 9.98. The Morgan fingerprint density at radius 3 is 1.95 bits per heavy atom. The van der Waals surface area contributed by atoms with Crippen LogP contribution in [0.3, 0.4) is 0 Å². The van der Waals surface area contributed by atoms with Crippen LogP contribution in [0, 0.1) is 28.6 Å². The van der Waals surface area contributed by atoms with Gasteiger partial charge in [-0.1, -0.05) is 144 Å². The molecule has 3 aromatic carbocycles. The van der Waals surface area contributed by atoms with Gasteiger partial charge in [0.25, 0.3) is 8.32 Å². The minimum absolute atomic E-state index is 0.0385. The summed E-state index contributed by atoms with van der Waals surface area (Å²) in [6.07, 6.45) is 1.90. The van der Waals surface area contributed by atoms with Crippen LogP contribution >= 0.6 is 0 Å². The first-order valence-corrected chi connectivity index (χ1v) is 17.0. The fourth-order valence-electron chi connectivity index (χ4n) is 6.33. The van der Waals surface area contributed by atoms with Crippen LogP contribution in [-0.2, 0) is 15.8 Å². The first-order valence-electron chi connectivity index (χ1n) is 15.1. The molecule has 0 spiro atoms. The van der Waals surface area contributed by atoms with Crippen molar-refractivity contribution in [1.82, 2.24) is 0 Å². The monoisotopic (exact) mass is 568 g/mol. The zero-order chi connectivity index (χ0) is 29.6. The van der Waals surface area contributed by atoms with Crippen molar-refractivity contribution in [3.8, 4) is 11.8 Å². The number of aliphatic hydroxyl groups excluding tert-OH is 1. The van der Waals surface area contributed by atoms with Gasteiger partial charge in [-0.25, -0.2) is 0 Å². The van der Waals surface area contributed by atoms with Crippen LogP contribution in [0.25, 0.3) is 0 Å². The van der Waals surface area contributed by atoms with E-state index >= 15 is 0 Å². The van der Waals surface area contributed by atoms with Crippen molar-refractivity contribution in [2.45, 2.75) is 78.6 Å². The molecule has 1 fully saturated rings. The molecule has 0 saturated heterocycles. The van der Waals surface area contributed by atoms with E-state index in [9.17, 15) is 5.11 Å². The standard InChI is InChI=1S/C37H48O3Si/c1-35(2,3)41(33-18-12-8-13-19-33,34-20-14-9-15-21-34)40-29-37(6)26-24-31(36(37,4)5)22-23-32(38)25-27-39-28-30-16-10-7-11-17-30/h7-21,31-32,38H,24-29H2,1-6H3/t31?,32?,37-/m0/s1. The van der Waals surface area contributed by atoms with Crippen LogP contribution in [0.2, 0.25) is 5.04 Å². The van der Waals surface area contributed by atoms with E-state index in [1.54, 1.807) is 0 Å². The first-order chi connectivity index (χ1) is 19.5. The molecule has 0 bridgehead atoms. The summed E-state index contributed by atoms with van der Waals surface area (Å²) in [5.41, 5.74) is 1.04. The van der Waals surface area contributed by atoms with Gasteiger partial charge >= 0.3 is 0 Å². The molecule has 1 aliphatic rings. The predicted octanol–water partition coefficient (Wildman–Crippen LogP) is 6.98. The molecule has 1 aliphatic carbocycles. The van der Waals surface area contributed by atoms with E-state index < -0.39 is 14.4 Å². The van der Waals surface area contributed by atoms with Crippen molar-refractivity contribution in [3.05, 3.63) is 96.6 Å². The van der Waals surface area contributed by atoms with Crippen molar-refractivity contribution >= 4 is 18.7 Å². The molecule has 1 saturated carbocycles. The topological polar surface area (TPSA) is 38.7 Å². The molecule has 0 radical (unpaired) electrons. The summed E-state index contributed by atoms with van der Waals surface area (Å²) in [6.45, 7) is 15.8. The molecule has 0 aromatic heterocycles. The Bertz CT molecular complexity index is 1250. The summed E-state index contributed by atoms with van der Waals surface area (Å²) in [7, 11) is -2.62. The third-order valence-corrected chi connectivity index (χ3v) is 14.5. The Labute approximate surface area is 249 Å². The maximum absolute atomic E-state index is 10.6. The Balaban J connectivity index is 1.47. The highest BCUT2D eigenvalue weighted by atomic mass is 28.4. The van der Waals surface area contributed by atoms with Gasteiger partial charge in [0.1, 0.15) is 6.10 Å². The lowest BCUT2D eigenvalue weighted by atomic mass is 9.66. The lowest BCUT2D eigenvalue weighted by Crippen LogP contribution is -2.67. The second kappa shape index (κ2) is 13.1. The summed E-state index contributed by atoms with van der Waals surface area (Å²) < 4.78 is 13.1. The molecule has 1 N–H and O–H groups in total. The Morgan fingerprint density at radius 2 is 1.41 bits per heavy atom. The van der Waals surface area contributed by atoms with Crippen molar-refractivity contribution in [2.24, 2.45) is 16.7 Å². The van der Waals surface area contributed by atoms with Crippen molar-refractivity contribution < 1.29 is 14.3 Å². The van der Waals surface area contributed by atoms with Gasteiger partial charge in [-0.2, -0.15) is 0 Å². The summed E-state index contributed by atoms with van der Waals surface area (Å²) in [6, 6.07) is 31.9. The third-order valence-electron chi connectivity index (χ3n) is 9.51. The highest BCUT2D eigenvalue weighted by Gasteiger charge is 2.55. The molecular weight excluding hydrogens is 520 g/mol. The maximum atomic E-state index is 10.6. The second-order valence-corrected chi connectivity index (χ2v) is 17.8. The Hall–Kier alpha value is -2.68. The molecule has 2 unspecified atom stereocenters. The Morgan fingerprint density at radius 1 is 0.878 bits per heavy atom. The zero-order valence-corrected chi connectivity index (χ0v) is 26.8. The van der Waals surface area contributed by atoms with Crippen LogP contribution in [0.5, 0.6) is 0 Å². The fraction of sp³-hybridized carbons (Fsp3) is 0.459. The van der Waals surface area contributed by atoms with Gasteiger partial charge in [0, 0.05) is 18.9 Å². The van der Waals surface area contributed by atoms with Crippen LogP contribution in [-0.4, -0.2) is 32.7 Å². The van der Waals surface area contributed by atoms with E-state index in [-0.39, 0.29) is 21.8 Å². The molecule has 3 atom stereocenters. The quantitative estimate of drug-likeness (QED) is 0.163. The van der Waals surface area contributed by atoms with Crippen molar-refractivity contribution in [3.63, 3.8) is 0 Å². The van der Waals surface area contributed by atoms with Crippen molar-refractivity contribution in [2.75, 3.05) is 13.2 Å². The average Bonchev–Trinajstić information content (AvgIpc) is 3.19. The largest absolute Gasteiger partial charge is 0.407 e. The maximum Gasteiger partial charge on any atom is 0.261 e. The molecule has 3 aromatic rings. The van der Waals surface area contributed by atoms with Crippen LogP contribution in [0.15, 0.2) is 91.0 Å². The number of benzene rings is 3. The van der Waals surface area contributed by atoms with Crippen molar-refractivity contribution in [1.29, 1.82) is 0 Å². The lowest BCUT2D eigenvalue weighted by Gasteiger charge is -2.47. The van der Waals surface area contributed by atoms with E-state index in [0.29, 0.717) is 26.2 Å². The average molecular weight is 569 g/mol. The molecule has 0 heterocycles. The summed E-state index contributed by atoms with van der Waals surface area (Å²) in [5.74, 6) is 6.84. The molecular formula is C37H48O3Si. The van der Waals surface area contributed by atoms with Gasteiger partial charge in [0.05, 0.1) is 13.2 Å². The minimum Gasteiger partial charge on any atom is -0.407 e. The SMILES string of the molecule is CC1(C)C(C#CC(O)CCOCc2ccccc2)CC[C@@]1(C)CO[Si](c1ccccc1)(c1ccccc1)C(C)(C)C. The highest BCUT2D eigenvalue weighted by molar-refractivity contribution is 6.99. The van der Waals surface area contributed by atoms with E-state index in [1.165, 1.54) is 10.4 Å². The van der Waals surface area contributed by atoms with Crippen LogP contribution < -0.4 is 10.4 Å². The predicted molar refractivity (Wildman–Crippen MR) is 173 cm³/mol. The number of ether oxygens (including phenoxy) is 1. The molecule has 0 amide bonds. The molecule has 218 valence electrons. The van der Waals surface area contributed by atoms with Gasteiger partial charge in [0.2, 0.25) is 0 Å². The zero-order valence-electron chi connectivity index (χ0n) is 25.8. The van der Waals surface area contributed by atoms with Gasteiger partial charge in [0.15, 0.2) is 0 Å². The molecule has 3 nitrogen and oxygen atoms in total. The number of rotatable bonds is 10. The van der Waals surface area contributed by atoms with E-state index in [0.717, 1.165) is 18.4 Å². The fourth-order valence-corrected chi connectivity index (χ4v) is 11.0. The smallest absolute Gasteiger partial charge is 0.261 e. The molecule has 4 heteroatoms. The molecule has 0 aliphatic heterocycles. The van der Waals surface area contributed by atoms with Crippen LogP contribution in [0.4, 0.5) is 0 Å². The number of hydrogen-bond donors (Lipinski definition) is 1. The number of hydrogen-bond acceptors (Lipinski definition) is 3. The number of aliphatic hydroxyl groups is 1. The van der Waals surface area contributed by atoms with Gasteiger partial charge in [-0.05, 0) is 44.6 Å². The summed E-state index contributed by atoms with van der Waals surface area (Å²) in [4.78, 5) is 0.